The third-order valence-electron chi connectivity index (χ3n) is 3.66. The molecule has 2 aromatic rings. The Hall–Kier alpha value is -2.68. The van der Waals surface area contributed by atoms with Crippen molar-refractivity contribution in [1.29, 1.82) is 0 Å². The van der Waals surface area contributed by atoms with Gasteiger partial charge in [0.1, 0.15) is 0 Å². The molecule has 0 unspecified atom stereocenters. The lowest BCUT2D eigenvalue weighted by atomic mass is 9.87. The molecule has 3 nitrogen and oxygen atoms in total. The monoisotopic (exact) mass is 320 g/mol. The lowest BCUT2D eigenvalue weighted by Gasteiger charge is -2.18. The highest BCUT2D eigenvalue weighted by molar-refractivity contribution is 5.99. The zero-order valence-electron chi connectivity index (χ0n) is 14.7. The fourth-order valence-electron chi connectivity index (χ4n) is 2.14. The fourth-order valence-corrected chi connectivity index (χ4v) is 2.14. The van der Waals surface area contributed by atoms with Gasteiger partial charge in [0.2, 0.25) is 0 Å². The lowest BCUT2D eigenvalue weighted by Crippen LogP contribution is -2.19. The van der Waals surface area contributed by atoms with Gasteiger partial charge in [-0.1, -0.05) is 69.3 Å². The number of amides is 1. The molecular weight excluding hydrogens is 296 g/mol. The highest BCUT2D eigenvalue weighted by Crippen LogP contribution is 2.22. The third kappa shape index (κ3) is 5.20. The molecule has 2 rings (SSSR count). The van der Waals surface area contributed by atoms with Crippen molar-refractivity contribution in [1.82, 2.24) is 5.43 Å². The minimum absolute atomic E-state index is 0.0754. The van der Waals surface area contributed by atoms with Gasteiger partial charge in [-0.3, -0.25) is 4.79 Å². The average Bonchev–Trinajstić information content (AvgIpc) is 2.58. The molecule has 0 saturated carbocycles. The van der Waals surface area contributed by atoms with E-state index in [1.807, 2.05) is 73.7 Å². The van der Waals surface area contributed by atoms with Crippen molar-refractivity contribution in [3.05, 3.63) is 77.4 Å². The van der Waals surface area contributed by atoms with E-state index in [0.29, 0.717) is 5.56 Å². The molecule has 0 fully saturated rings. The van der Waals surface area contributed by atoms with Crippen molar-refractivity contribution < 1.29 is 4.79 Å². The number of benzene rings is 2. The summed E-state index contributed by atoms with van der Waals surface area (Å²) in [5.41, 5.74) is 6.30. The minimum atomic E-state index is -0.206. The second-order valence-corrected chi connectivity index (χ2v) is 6.77. The molecule has 0 spiro atoms. The van der Waals surface area contributed by atoms with Crippen LogP contribution in [0.4, 0.5) is 0 Å². The molecule has 0 aliphatic rings. The van der Waals surface area contributed by atoms with Gasteiger partial charge in [-0.2, -0.15) is 5.10 Å². The molecule has 0 aliphatic heterocycles. The molecule has 0 radical (unpaired) electrons. The Kier molecular flexibility index (Phi) is 5.69. The Bertz CT molecular complexity index is 736. The van der Waals surface area contributed by atoms with Crippen LogP contribution in [0.2, 0.25) is 0 Å². The quantitative estimate of drug-likeness (QED) is 0.638. The molecule has 124 valence electrons. The van der Waals surface area contributed by atoms with Crippen molar-refractivity contribution in [3.63, 3.8) is 0 Å². The number of carbonyl (C=O) groups is 1. The first-order valence-electron chi connectivity index (χ1n) is 8.04. The van der Waals surface area contributed by atoms with Gasteiger partial charge in [0.25, 0.3) is 5.91 Å². The smallest absolute Gasteiger partial charge is 0.267 e. The van der Waals surface area contributed by atoms with Gasteiger partial charge in [-0.25, -0.2) is 5.43 Å². The van der Waals surface area contributed by atoms with E-state index in [9.17, 15) is 4.79 Å². The summed E-state index contributed by atoms with van der Waals surface area (Å²) in [6, 6.07) is 17.6. The summed E-state index contributed by atoms with van der Waals surface area (Å²) in [5, 5.41) is 4.12. The second-order valence-electron chi connectivity index (χ2n) is 6.77. The van der Waals surface area contributed by atoms with E-state index in [1.54, 1.807) is 0 Å². The summed E-state index contributed by atoms with van der Waals surface area (Å²) in [5.74, 6) is -0.206. The summed E-state index contributed by atoms with van der Waals surface area (Å²) in [6.45, 7) is 8.29. The Morgan fingerprint density at radius 1 is 1.00 bits per heavy atom. The molecule has 0 heterocycles. The van der Waals surface area contributed by atoms with E-state index in [2.05, 4.69) is 31.3 Å². The number of allylic oxidation sites excluding steroid dienone is 1. The minimum Gasteiger partial charge on any atom is -0.267 e. The number of rotatable bonds is 4. The van der Waals surface area contributed by atoms with Gasteiger partial charge in [0, 0.05) is 5.56 Å². The van der Waals surface area contributed by atoms with E-state index in [1.165, 1.54) is 5.56 Å². The normalized spacial score (nSPS) is 12.4. The molecule has 0 atom stereocenters. The summed E-state index contributed by atoms with van der Waals surface area (Å²) in [4.78, 5) is 12.1. The number of nitrogens with one attached hydrogen (secondary N) is 1. The van der Waals surface area contributed by atoms with Crippen molar-refractivity contribution in [3.8, 4) is 0 Å². The summed E-state index contributed by atoms with van der Waals surface area (Å²) >= 11 is 0. The van der Waals surface area contributed by atoms with Crippen LogP contribution in [0.15, 0.2) is 65.8 Å². The van der Waals surface area contributed by atoms with Gasteiger partial charge in [0.05, 0.1) is 5.71 Å². The highest BCUT2D eigenvalue weighted by atomic mass is 16.2. The molecule has 2 aromatic carbocycles. The standard InChI is InChI=1S/C21H24N2O/c1-16(10-11-17-8-6-5-7-9-17)22-23-20(24)18-12-14-19(15-13-18)21(2,3)4/h5-15H,1-4H3,(H,23,24)/b11-10-,22-16?. The number of carbonyl (C=O) groups excluding carboxylic acids is 1. The van der Waals surface area contributed by atoms with Crippen LogP contribution in [-0.4, -0.2) is 11.6 Å². The maximum Gasteiger partial charge on any atom is 0.271 e. The Balaban J connectivity index is 1.98. The van der Waals surface area contributed by atoms with Gasteiger partial charge < -0.3 is 0 Å². The van der Waals surface area contributed by atoms with Crippen LogP contribution in [0.25, 0.3) is 6.08 Å². The SMILES string of the molecule is CC(/C=C\c1ccccc1)=NNC(=O)c1ccc(C(C)(C)C)cc1. The summed E-state index contributed by atoms with van der Waals surface area (Å²) < 4.78 is 0. The second kappa shape index (κ2) is 7.73. The predicted molar refractivity (Wildman–Crippen MR) is 101 cm³/mol. The van der Waals surface area contributed by atoms with E-state index in [-0.39, 0.29) is 11.3 Å². The summed E-state index contributed by atoms with van der Waals surface area (Å²) in [7, 11) is 0. The first-order chi connectivity index (χ1) is 11.4. The third-order valence-corrected chi connectivity index (χ3v) is 3.66. The first-order valence-corrected chi connectivity index (χ1v) is 8.04. The molecule has 24 heavy (non-hydrogen) atoms. The molecule has 0 aromatic heterocycles. The van der Waals surface area contributed by atoms with Crippen LogP contribution >= 0.6 is 0 Å². The summed E-state index contributed by atoms with van der Waals surface area (Å²) in [6.07, 6.45) is 3.83. The maximum atomic E-state index is 12.1. The van der Waals surface area contributed by atoms with Crippen molar-refractivity contribution in [2.24, 2.45) is 5.10 Å². The molecule has 0 saturated heterocycles. The molecule has 3 heteroatoms. The van der Waals surface area contributed by atoms with Crippen LogP contribution in [-0.2, 0) is 5.41 Å². The Morgan fingerprint density at radius 3 is 2.21 bits per heavy atom. The van der Waals surface area contributed by atoms with Crippen LogP contribution < -0.4 is 5.43 Å². The van der Waals surface area contributed by atoms with Crippen molar-refractivity contribution in [2.45, 2.75) is 33.1 Å². The predicted octanol–water partition coefficient (Wildman–Crippen LogP) is 4.80. The Morgan fingerprint density at radius 2 is 1.62 bits per heavy atom. The number of hydrogen-bond donors (Lipinski definition) is 1. The largest absolute Gasteiger partial charge is 0.271 e. The zero-order chi connectivity index (χ0) is 17.6. The van der Waals surface area contributed by atoms with Crippen LogP contribution in [0.5, 0.6) is 0 Å². The maximum absolute atomic E-state index is 12.1. The molecule has 0 aliphatic carbocycles. The van der Waals surface area contributed by atoms with Crippen LogP contribution in [0.1, 0.15) is 49.2 Å². The van der Waals surface area contributed by atoms with Gasteiger partial charge >= 0.3 is 0 Å². The van der Waals surface area contributed by atoms with Gasteiger partial charge in [-0.05, 0) is 41.7 Å². The number of hydrazone groups is 1. The topological polar surface area (TPSA) is 41.5 Å². The van der Waals surface area contributed by atoms with E-state index >= 15 is 0 Å². The molecule has 1 amide bonds. The van der Waals surface area contributed by atoms with Crippen molar-refractivity contribution >= 4 is 17.7 Å². The van der Waals surface area contributed by atoms with E-state index in [0.717, 1.165) is 11.3 Å². The highest BCUT2D eigenvalue weighted by Gasteiger charge is 2.14. The molecular formula is C21H24N2O. The molecule has 1 N–H and O–H groups in total. The van der Waals surface area contributed by atoms with Crippen LogP contribution in [0, 0.1) is 0 Å². The van der Waals surface area contributed by atoms with E-state index in [4.69, 9.17) is 0 Å². The average molecular weight is 320 g/mol. The lowest BCUT2D eigenvalue weighted by molar-refractivity contribution is 0.0955. The van der Waals surface area contributed by atoms with E-state index < -0.39 is 0 Å². The zero-order valence-corrected chi connectivity index (χ0v) is 14.7. The molecule has 0 bridgehead atoms. The Labute approximate surface area is 144 Å². The fraction of sp³-hybridized carbons (Fsp3) is 0.238. The number of hydrogen-bond acceptors (Lipinski definition) is 2. The van der Waals surface area contributed by atoms with Gasteiger partial charge in [-0.15, -0.1) is 0 Å². The van der Waals surface area contributed by atoms with Gasteiger partial charge in [0.15, 0.2) is 0 Å². The first kappa shape index (κ1) is 17.7. The number of nitrogens with zero attached hydrogens (tertiary/aromatic N) is 1. The van der Waals surface area contributed by atoms with Crippen molar-refractivity contribution in [2.75, 3.05) is 0 Å². The van der Waals surface area contributed by atoms with Crippen LogP contribution in [0.3, 0.4) is 0 Å².